The minimum Gasteiger partial charge on any atom is -0.387 e. The van der Waals surface area contributed by atoms with Gasteiger partial charge < -0.3 is 5.11 Å². The smallest absolute Gasteiger partial charge is 0.0951 e. The molecule has 17 heavy (non-hydrogen) atoms. The fraction of sp³-hybridized carbons (Fsp3) is 0.600. The van der Waals surface area contributed by atoms with Crippen LogP contribution in [0.25, 0.3) is 0 Å². The molecular weight excluding hydrogens is 210 g/mol. The third kappa shape index (κ3) is 2.53. The van der Waals surface area contributed by atoms with Crippen molar-refractivity contribution in [2.24, 2.45) is 0 Å². The molecule has 0 saturated heterocycles. The minimum atomic E-state index is -0.303. The molecule has 2 atom stereocenters. The van der Waals surface area contributed by atoms with E-state index in [0.29, 0.717) is 0 Å². The molecule has 2 rings (SSSR count). The fourth-order valence-electron chi connectivity index (χ4n) is 2.80. The van der Waals surface area contributed by atoms with Gasteiger partial charge in [0.15, 0.2) is 0 Å². The normalized spacial score (nSPS) is 23.1. The number of fused-ring (bicyclic) bond motifs is 1. The Labute approximate surface area is 104 Å². The van der Waals surface area contributed by atoms with Crippen LogP contribution >= 0.6 is 0 Å². The summed E-state index contributed by atoms with van der Waals surface area (Å²) in [4.78, 5) is 2.42. The number of rotatable bonds is 5. The van der Waals surface area contributed by atoms with Crippen LogP contribution in [0.15, 0.2) is 24.3 Å². The van der Waals surface area contributed by atoms with Crippen LogP contribution in [-0.4, -0.2) is 29.1 Å². The largest absolute Gasteiger partial charge is 0.387 e. The Morgan fingerprint density at radius 1 is 1.29 bits per heavy atom. The van der Waals surface area contributed by atoms with E-state index in [4.69, 9.17) is 0 Å². The molecule has 0 amide bonds. The number of hydrogen-bond acceptors (Lipinski definition) is 2. The Bertz CT molecular complexity index is 364. The van der Waals surface area contributed by atoms with E-state index in [-0.39, 0.29) is 12.1 Å². The predicted molar refractivity (Wildman–Crippen MR) is 71.0 cm³/mol. The molecule has 1 aliphatic carbocycles. The predicted octanol–water partition coefficient (Wildman–Crippen LogP) is 2.77. The SMILES string of the molecule is CCCCN(CC)C1Cc2ccccc2C1O. The van der Waals surface area contributed by atoms with E-state index < -0.39 is 0 Å². The van der Waals surface area contributed by atoms with Crippen LogP contribution < -0.4 is 0 Å². The van der Waals surface area contributed by atoms with Gasteiger partial charge in [-0.15, -0.1) is 0 Å². The molecule has 2 unspecified atom stereocenters. The molecule has 0 fully saturated rings. The van der Waals surface area contributed by atoms with Gasteiger partial charge in [-0.2, -0.15) is 0 Å². The van der Waals surface area contributed by atoms with Crippen molar-refractivity contribution in [1.29, 1.82) is 0 Å². The summed E-state index contributed by atoms with van der Waals surface area (Å²) < 4.78 is 0. The highest BCUT2D eigenvalue weighted by Gasteiger charge is 2.33. The zero-order chi connectivity index (χ0) is 12.3. The molecule has 2 heteroatoms. The number of aliphatic hydroxyl groups is 1. The summed E-state index contributed by atoms with van der Waals surface area (Å²) in [7, 11) is 0. The van der Waals surface area contributed by atoms with Gasteiger partial charge >= 0.3 is 0 Å². The summed E-state index contributed by atoms with van der Waals surface area (Å²) in [6.45, 7) is 6.53. The number of likely N-dealkylation sites (N-methyl/N-ethyl adjacent to an activating group) is 1. The van der Waals surface area contributed by atoms with E-state index in [2.05, 4.69) is 36.9 Å². The van der Waals surface area contributed by atoms with E-state index in [1.165, 1.54) is 18.4 Å². The van der Waals surface area contributed by atoms with Gasteiger partial charge in [0.1, 0.15) is 0 Å². The molecule has 0 spiro atoms. The van der Waals surface area contributed by atoms with Crippen LogP contribution in [0.5, 0.6) is 0 Å². The average Bonchev–Trinajstić information content (AvgIpc) is 2.69. The van der Waals surface area contributed by atoms with Crippen LogP contribution in [0.1, 0.15) is 43.9 Å². The van der Waals surface area contributed by atoms with Crippen molar-refractivity contribution in [2.75, 3.05) is 13.1 Å². The van der Waals surface area contributed by atoms with Gasteiger partial charge in [-0.05, 0) is 37.1 Å². The van der Waals surface area contributed by atoms with Gasteiger partial charge in [0.2, 0.25) is 0 Å². The first kappa shape index (κ1) is 12.6. The maximum absolute atomic E-state index is 10.4. The molecule has 0 saturated carbocycles. The number of unbranched alkanes of at least 4 members (excludes halogenated alkanes) is 1. The standard InChI is InChI=1S/C15H23NO/c1-3-5-10-16(4-2)14-11-12-8-6-7-9-13(12)15(14)17/h6-9,14-15,17H,3-5,10-11H2,1-2H3. The Morgan fingerprint density at radius 3 is 2.71 bits per heavy atom. The molecule has 1 aromatic rings. The summed E-state index contributed by atoms with van der Waals surface area (Å²) in [5.74, 6) is 0. The van der Waals surface area contributed by atoms with Crippen LogP contribution in [0, 0.1) is 0 Å². The highest BCUT2D eigenvalue weighted by Crippen LogP contribution is 2.34. The third-order valence-electron chi connectivity index (χ3n) is 3.84. The third-order valence-corrected chi connectivity index (χ3v) is 3.84. The van der Waals surface area contributed by atoms with E-state index >= 15 is 0 Å². The van der Waals surface area contributed by atoms with Crippen molar-refractivity contribution in [3.05, 3.63) is 35.4 Å². The van der Waals surface area contributed by atoms with Crippen LogP contribution in [0.3, 0.4) is 0 Å². The molecule has 1 aromatic carbocycles. The number of nitrogens with zero attached hydrogens (tertiary/aromatic N) is 1. The molecule has 0 radical (unpaired) electrons. The molecule has 94 valence electrons. The van der Waals surface area contributed by atoms with Crippen molar-refractivity contribution in [3.63, 3.8) is 0 Å². The lowest BCUT2D eigenvalue weighted by Gasteiger charge is -2.30. The Kier molecular flexibility index (Phi) is 4.19. The van der Waals surface area contributed by atoms with Crippen LogP contribution in [-0.2, 0) is 6.42 Å². The molecule has 1 N–H and O–H groups in total. The zero-order valence-electron chi connectivity index (χ0n) is 10.9. The summed E-state index contributed by atoms with van der Waals surface area (Å²) in [5.41, 5.74) is 2.45. The maximum atomic E-state index is 10.4. The van der Waals surface area contributed by atoms with Crippen molar-refractivity contribution in [1.82, 2.24) is 4.90 Å². The van der Waals surface area contributed by atoms with Gasteiger partial charge in [-0.1, -0.05) is 44.5 Å². The highest BCUT2D eigenvalue weighted by molar-refractivity contribution is 5.35. The molecule has 0 heterocycles. The van der Waals surface area contributed by atoms with Gasteiger partial charge in [-0.3, -0.25) is 4.90 Å². The monoisotopic (exact) mass is 233 g/mol. The number of aliphatic hydroxyl groups excluding tert-OH is 1. The lowest BCUT2D eigenvalue weighted by Crippen LogP contribution is -2.38. The Morgan fingerprint density at radius 2 is 2.06 bits per heavy atom. The van der Waals surface area contributed by atoms with Gasteiger partial charge in [0.05, 0.1) is 6.10 Å². The Hall–Kier alpha value is -0.860. The van der Waals surface area contributed by atoms with Gasteiger partial charge in [0, 0.05) is 6.04 Å². The fourth-order valence-corrected chi connectivity index (χ4v) is 2.80. The second-order valence-electron chi connectivity index (χ2n) is 4.90. The van der Waals surface area contributed by atoms with E-state index in [9.17, 15) is 5.11 Å². The first-order chi connectivity index (χ1) is 8.27. The minimum absolute atomic E-state index is 0.281. The van der Waals surface area contributed by atoms with Gasteiger partial charge in [0.25, 0.3) is 0 Å². The van der Waals surface area contributed by atoms with Crippen LogP contribution in [0.2, 0.25) is 0 Å². The van der Waals surface area contributed by atoms with Crippen molar-refractivity contribution in [2.45, 2.75) is 45.3 Å². The molecule has 0 aromatic heterocycles. The summed E-state index contributed by atoms with van der Waals surface area (Å²) >= 11 is 0. The van der Waals surface area contributed by atoms with Gasteiger partial charge in [-0.25, -0.2) is 0 Å². The summed E-state index contributed by atoms with van der Waals surface area (Å²) in [6, 6.07) is 8.58. The molecule has 2 nitrogen and oxygen atoms in total. The molecular formula is C15H23NO. The molecule has 0 aliphatic heterocycles. The number of benzene rings is 1. The second kappa shape index (κ2) is 5.65. The Balaban J connectivity index is 2.09. The lowest BCUT2D eigenvalue weighted by molar-refractivity contribution is 0.0628. The quantitative estimate of drug-likeness (QED) is 0.845. The first-order valence-electron chi connectivity index (χ1n) is 6.77. The van der Waals surface area contributed by atoms with E-state index in [1.807, 2.05) is 6.07 Å². The lowest BCUT2D eigenvalue weighted by atomic mass is 10.1. The zero-order valence-corrected chi connectivity index (χ0v) is 10.9. The van der Waals surface area contributed by atoms with E-state index in [0.717, 1.165) is 25.1 Å². The highest BCUT2D eigenvalue weighted by atomic mass is 16.3. The summed E-state index contributed by atoms with van der Waals surface area (Å²) in [6.07, 6.45) is 3.12. The van der Waals surface area contributed by atoms with Crippen molar-refractivity contribution >= 4 is 0 Å². The van der Waals surface area contributed by atoms with E-state index in [1.54, 1.807) is 0 Å². The first-order valence-corrected chi connectivity index (χ1v) is 6.77. The molecule has 1 aliphatic rings. The summed E-state index contributed by atoms with van der Waals surface area (Å²) in [5, 5.41) is 10.4. The van der Waals surface area contributed by atoms with Crippen molar-refractivity contribution in [3.8, 4) is 0 Å². The van der Waals surface area contributed by atoms with Crippen LogP contribution in [0.4, 0.5) is 0 Å². The molecule has 0 bridgehead atoms. The average molecular weight is 233 g/mol. The second-order valence-corrected chi connectivity index (χ2v) is 4.90. The topological polar surface area (TPSA) is 23.5 Å². The maximum Gasteiger partial charge on any atom is 0.0951 e. The number of hydrogen-bond donors (Lipinski definition) is 1. The van der Waals surface area contributed by atoms with Crippen molar-refractivity contribution < 1.29 is 5.11 Å².